The van der Waals surface area contributed by atoms with Gasteiger partial charge in [-0.2, -0.15) is 0 Å². The van der Waals surface area contributed by atoms with Crippen molar-refractivity contribution in [1.82, 2.24) is 5.32 Å². The van der Waals surface area contributed by atoms with E-state index < -0.39 is 17.7 Å². The zero-order valence-electron chi connectivity index (χ0n) is 14.1. The second-order valence-corrected chi connectivity index (χ2v) is 5.63. The fourth-order valence-electron chi connectivity index (χ4n) is 2.88. The molecule has 6 heteroatoms. The Labute approximate surface area is 150 Å². The Morgan fingerprint density at radius 1 is 1.04 bits per heavy atom. The highest BCUT2D eigenvalue weighted by molar-refractivity contribution is 6.35. The Bertz CT molecular complexity index is 915. The molecule has 0 spiro atoms. The van der Waals surface area contributed by atoms with Crippen LogP contribution in [-0.2, 0) is 14.3 Å². The lowest BCUT2D eigenvalue weighted by molar-refractivity contribution is -0.143. The van der Waals surface area contributed by atoms with Crippen molar-refractivity contribution in [2.45, 2.75) is 6.92 Å². The molecule has 2 N–H and O–H groups in total. The van der Waals surface area contributed by atoms with Gasteiger partial charge in [0.05, 0.1) is 6.61 Å². The number of hydrogen-bond donors (Lipinski definition) is 2. The van der Waals surface area contributed by atoms with Gasteiger partial charge in [-0.1, -0.05) is 48.5 Å². The number of carbonyl (C=O) groups is 3. The van der Waals surface area contributed by atoms with E-state index in [2.05, 4.69) is 5.32 Å². The summed E-state index contributed by atoms with van der Waals surface area (Å²) in [5.74, 6) is -2.38. The van der Waals surface area contributed by atoms with Gasteiger partial charge >= 0.3 is 5.97 Å². The van der Waals surface area contributed by atoms with Gasteiger partial charge < -0.3 is 15.2 Å². The van der Waals surface area contributed by atoms with Gasteiger partial charge in [0.2, 0.25) is 5.78 Å². The number of aliphatic hydroxyl groups excluding tert-OH is 1. The molecule has 6 nitrogen and oxygen atoms in total. The Morgan fingerprint density at radius 3 is 2.42 bits per heavy atom. The highest BCUT2D eigenvalue weighted by atomic mass is 16.5. The maximum atomic E-state index is 12.8. The number of ketones is 1. The smallest absolute Gasteiger partial charge is 0.325 e. The molecule has 1 aliphatic rings. The minimum Gasteiger partial charge on any atom is -0.506 e. The summed E-state index contributed by atoms with van der Waals surface area (Å²) in [5, 5.41) is 12.7. The number of Topliss-reactive ketones (excluding diaryl/α,β-unsaturated/α-hetero) is 1. The minimum absolute atomic E-state index is 0.188. The van der Waals surface area contributed by atoms with Crippen molar-refractivity contribution in [3.8, 4) is 11.1 Å². The molecule has 3 rings (SSSR count). The SMILES string of the molecule is CCOC(=O)CNC(=O)C1=C(O)c2cccc(-c3ccccc3)c2C1=O. The summed E-state index contributed by atoms with van der Waals surface area (Å²) >= 11 is 0. The largest absolute Gasteiger partial charge is 0.506 e. The number of hydrogen-bond acceptors (Lipinski definition) is 5. The molecule has 0 aliphatic heterocycles. The first-order chi connectivity index (χ1) is 12.5. The molecule has 0 saturated carbocycles. The monoisotopic (exact) mass is 351 g/mol. The van der Waals surface area contributed by atoms with Gasteiger partial charge in [-0.05, 0) is 18.1 Å². The highest BCUT2D eigenvalue weighted by Gasteiger charge is 2.36. The number of fused-ring (bicyclic) bond motifs is 1. The van der Waals surface area contributed by atoms with Gasteiger partial charge in [-0.25, -0.2) is 0 Å². The van der Waals surface area contributed by atoms with Crippen LogP contribution in [0, 0.1) is 0 Å². The molecule has 1 amide bonds. The summed E-state index contributed by atoms with van der Waals surface area (Å²) in [5.41, 5.74) is 1.65. The molecular weight excluding hydrogens is 334 g/mol. The predicted molar refractivity (Wildman–Crippen MR) is 95.4 cm³/mol. The van der Waals surface area contributed by atoms with E-state index in [1.54, 1.807) is 25.1 Å². The van der Waals surface area contributed by atoms with Crippen LogP contribution in [0.15, 0.2) is 54.1 Å². The minimum atomic E-state index is -0.809. The van der Waals surface area contributed by atoms with Crippen molar-refractivity contribution in [3.05, 3.63) is 65.2 Å². The van der Waals surface area contributed by atoms with E-state index >= 15 is 0 Å². The third-order valence-electron chi connectivity index (χ3n) is 4.02. The third-order valence-corrected chi connectivity index (χ3v) is 4.02. The molecule has 0 atom stereocenters. The number of carbonyl (C=O) groups excluding carboxylic acids is 3. The number of amides is 1. The summed E-state index contributed by atoms with van der Waals surface area (Å²) in [4.78, 5) is 36.5. The van der Waals surface area contributed by atoms with Crippen LogP contribution in [0.3, 0.4) is 0 Å². The van der Waals surface area contributed by atoms with Crippen molar-refractivity contribution in [2.24, 2.45) is 0 Å². The maximum Gasteiger partial charge on any atom is 0.325 e. The van der Waals surface area contributed by atoms with Crippen molar-refractivity contribution in [1.29, 1.82) is 0 Å². The van der Waals surface area contributed by atoms with E-state index in [1.165, 1.54) is 0 Å². The van der Waals surface area contributed by atoms with Gasteiger partial charge in [0.1, 0.15) is 17.9 Å². The van der Waals surface area contributed by atoms with Crippen LogP contribution in [0.5, 0.6) is 0 Å². The van der Waals surface area contributed by atoms with Crippen LogP contribution in [0.4, 0.5) is 0 Å². The molecule has 2 aromatic carbocycles. The molecule has 0 saturated heterocycles. The van der Waals surface area contributed by atoms with E-state index in [0.717, 1.165) is 5.56 Å². The Balaban J connectivity index is 1.91. The molecule has 0 aromatic heterocycles. The van der Waals surface area contributed by atoms with E-state index in [9.17, 15) is 19.5 Å². The number of aliphatic hydroxyl groups is 1. The van der Waals surface area contributed by atoms with Crippen molar-refractivity contribution in [3.63, 3.8) is 0 Å². The molecule has 132 valence electrons. The van der Waals surface area contributed by atoms with Crippen LogP contribution < -0.4 is 5.32 Å². The van der Waals surface area contributed by atoms with Crippen LogP contribution in [0.25, 0.3) is 16.9 Å². The normalized spacial score (nSPS) is 12.7. The number of nitrogens with one attached hydrogen (secondary N) is 1. The van der Waals surface area contributed by atoms with Crippen LogP contribution in [-0.4, -0.2) is 35.9 Å². The summed E-state index contributed by atoms with van der Waals surface area (Å²) in [6.07, 6.45) is 0. The standard InChI is InChI=1S/C20H17NO5/c1-2-26-15(22)11-21-20(25)17-18(23)14-10-6-9-13(16(14)19(17)24)12-7-4-3-5-8-12/h3-10,23H,2,11H2,1H3,(H,21,25). The van der Waals surface area contributed by atoms with E-state index in [1.807, 2.05) is 30.3 Å². The number of benzene rings is 2. The average Bonchev–Trinajstić information content (AvgIpc) is 2.92. The van der Waals surface area contributed by atoms with E-state index in [-0.39, 0.29) is 30.0 Å². The number of esters is 1. The van der Waals surface area contributed by atoms with Gasteiger partial charge in [-0.15, -0.1) is 0 Å². The first kappa shape index (κ1) is 17.4. The molecule has 0 radical (unpaired) electrons. The molecule has 0 unspecified atom stereocenters. The summed E-state index contributed by atoms with van der Waals surface area (Å²) < 4.78 is 4.73. The second-order valence-electron chi connectivity index (χ2n) is 5.63. The lowest BCUT2D eigenvalue weighted by Crippen LogP contribution is -2.33. The first-order valence-electron chi connectivity index (χ1n) is 8.15. The predicted octanol–water partition coefficient (Wildman–Crippen LogP) is 2.50. The number of ether oxygens (including phenoxy) is 1. The van der Waals surface area contributed by atoms with E-state index in [4.69, 9.17) is 4.74 Å². The first-order valence-corrected chi connectivity index (χ1v) is 8.15. The van der Waals surface area contributed by atoms with Crippen molar-refractivity contribution in [2.75, 3.05) is 13.2 Å². The Morgan fingerprint density at radius 2 is 1.73 bits per heavy atom. The van der Waals surface area contributed by atoms with Gasteiger partial charge in [0.25, 0.3) is 5.91 Å². The summed E-state index contributed by atoms with van der Waals surface area (Å²) in [6, 6.07) is 14.3. The molecule has 1 aliphatic carbocycles. The zero-order chi connectivity index (χ0) is 18.7. The van der Waals surface area contributed by atoms with Crippen LogP contribution in [0.2, 0.25) is 0 Å². The van der Waals surface area contributed by atoms with Crippen LogP contribution in [0.1, 0.15) is 22.8 Å². The fraction of sp³-hybridized carbons (Fsp3) is 0.150. The highest BCUT2D eigenvalue weighted by Crippen LogP contribution is 2.37. The Kier molecular flexibility index (Phi) is 4.84. The molecular formula is C20H17NO5. The molecule has 0 bridgehead atoms. The maximum absolute atomic E-state index is 12.8. The summed E-state index contributed by atoms with van der Waals surface area (Å²) in [7, 11) is 0. The topological polar surface area (TPSA) is 92.7 Å². The summed E-state index contributed by atoms with van der Waals surface area (Å²) in [6.45, 7) is 1.46. The fourth-order valence-corrected chi connectivity index (χ4v) is 2.88. The van der Waals surface area contributed by atoms with Crippen molar-refractivity contribution >= 4 is 23.4 Å². The molecule has 2 aromatic rings. The molecule has 0 fully saturated rings. The van der Waals surface area contributed by atoms with Gasteiger partial charge in [0.15, 0.2) is 0 Å². The van der Waals surface area contributed by atoms with E-state index in [0.29, 0.717) is 11.1 Å². The lowest BCUT2D eigenvalue weighted by Gasteiger charge is -2.08. The zero-order valence-corrected chi connectivity index (χ0v) is 14.1. The third kappa shape index (κ3) is 3.09. The number of rotatable bonds is 5. The molecule has 0 heterocycles. The van der Waals surface area contributed by atoms with Crippen molar-refractivity contribution < 1.29 is 24.2 Å². The van der Waals surface area contributed by atoms with Gasteiger partial charge in [-0.3, -0.25) is 14.4 Å². The van der Waals surface area contributed by atoms with Gasteiger partial charge in [0, 0.05) is 11.1 Å². The van der Waals surface area contributed by atoms with Crippen LogP contribution >= 0.6 is 0 Å². The molecule has 26 heavy (non-hydrogen) atoms. The second kappa shape index (κ2) is 7.23. The lowest BCUT2D eigenvalue weighted by atomic mass is 9.95. The Hall–Kier alpha value is -3.41. The average molecular weight is 351 g/mol. The quantitative estimate of drug-likeness (QED) is 0.638.